The van der Waals surface area contributed by atoms with Gasteiger partial charge in [-0.05, 0) is 24.7 Å². The minimum Gasteiger partial charge on any atom is -0.343 e. The van der Waals surface area contributed by atoms with Crippen molar-refractivity contribution < 1.29 is 4.79 Å². The van der Waals surface area contributed by atoms with Crippen LogP contribution in [0.2, 0.25) is 0 Å². The van der Waals surface area contributed by atoms with E-state index in [1.54, 1.807) is 6.92 Å². The molecule has 0 aromatic heterocycles. The number of amides is 1. The van der Waals surface area contributed by atoms with Crippen molar-refractivity contribution in [2.24, 2.45) is 11.8 Å². The number of fused-ring (bicyclic) bond motifs is 1. The summed E-state index contributed by atoms with van der Waals surface area (Å²) < 4.78 is 0. The molecule has 0 aromatic carbocycles. The molecule has 13 heavy (non-hydrogen) atoms. The minimum atomic E-state index is 0.268. The van der Waals surface area contributed by atoms with E-state index in [2.05, 4.69) is 0 Å². The Bertz CT molecular complexity index is 202. The van der Waals surface area contributed by atoms with Gasteiger partial charge in [-0.2, -0.15) is 0 Å². The van der Waals surface area contributed by atoms with Crippen LogP contribution in [0.4, 0.5) is 0 Å². The van der Waals surface area contributed by atoms with E-state index in [4.69, 9.17) is 0 Å². The van der Waals surface area contributed by atoms with Gasteiger partial charge in [-0.3, -0.25) is 4.79 Å². The van der Waals surface area contributed by atoms with Gasteiger partial charge in [-0.15, -0.1) is 0 Å². The predicted molar refractivity (Wildman–Crippen MR) is 52.3 cm³/mol. The van der Waals surface area contributed by atoms with Crippen LogP contribution in [0.1, 0.15) is 39.0 Å². The molecule has 2 heteroatoms. The maximum absolute atomic E-state index is 11.2. The molecule has 0 aromatic rings. The van der Waals surface area contributed by atoms with Crippen LogP contribution in [-0.2, 0) is 4.79 Å². The Labute approximate surface area is 80.3 Å². The zero-order chi connectivity index (χ0) is 9.26. The summed E-state index contributed by atoms with van der Waals surface area (Å²) in [5.41, 5.74) is 0. The van der Waals surface area contributed by atoms with Crippen molar-refractivity contribution in [1.82, 2.24) is 4.90 Å². The Morgan fingerprint density at radius 3 is 2.54 bits per heavy atom. The molecule has 2 rings (SSSR count). The predicted octanol–water partition coefficient (Wildman–Crippen LogP) is 2.04. The van der Waals surface area contributed by atoms with Gasteiger partial charge in [0, 0.05) is 20.0 Å². The molecule has 2 nitrogen and oxygen atoms in total. The average molecular weight is 181 g/mol. The molecule has 2 atom stereocenters. The lowest BCUT2D eigenvalue weighted by Crippen LogP contribution is -2.43. The number of nitrogens with zero attached hydrogens (tertiary/aromatic N) is 1. The van der Waals surface area contributed by atoms with Crippen molar-refractivity contribution in [2.75, 3.05) is 13.1 Å². The van der Waals surface area contributed by atoms with E-state index in [-0.39, 0.29) is 5.91 Å². The molecule has 0 bridgehead atoms. The molecule has 1 aliphatic carbocycles. The molecule has 0 N–H and O–H groups in total. The van der Waals surface area contributed by atoms with Crippen LogP contribution in [0.15, 0.2) is 0 Å². The maximum atomic E-state index is 11.2. The topological polar surface area (TPSA) is 20.3 Å². The molecule has 2 unspecified atom stereocenters. The van der Waals surface area contributed by atoms with Crippen LogP contribution in [0.5, 0.6) is 0 Å². The van der Waals surface area contributed by atoms with Crippen LogP contribution in [0, 0.1) is 11.8 Å². The first kappa shape index (κ1) is 9.04. The maximum Gasteiger partial charge on any atom is 0.219 e. The smallest absolute Gasteiger partial charge is 0.219 e. The van der Waals surface area contributed by atoms with Crippen LogP contribution in [0.25, 0.3) is 0 Å². The summed E-state index contributed by atoms with van der Waals surface area (Å²) in [6.07, 6.45) is 6.82. The summed E-state index contributed by atoms with van der Waals surface area (Å²) in [5, 5.41) is 0. The Hall–Kier alpha value is -0.530. The van der Waals surface area contributed by atoms with Gasteiger partial charge in [-0.25, -0.2) is 0 Å². The second kappa shape index (κ2) is 3.69. The molecule has 1 saturated heterocycles. The minimum absolute atomic E-state index is 0.268. The van der Waals surface area contributed by atoms with Gasteiger partial charge in [0.25, 0.3) is 0 Å². The third-order valence-corrected chi connectivity index (χ3v) is 3.74. The quantitative estimate of drug-likeness (QED) is 0.560. The molecule has 74 valence electrons. The van der Waals surface area contributed by atoms with Gasteiger partial charge < -0.3 is 4.90 Å². The number of hydrogen-bond acceptors (Lipinski definition) is 1. The fourth-order valence-corrected chi connectivity index (χ4v) is 2.89. The zero-order valence-electron chi connectivity index (χ0n) is 8.46. The highest BCUT2D eigenvalue weighted by Crippen LogP contribution is 2.35. The summed E-state index contributed by atoms with van der Waals surface area (Å²) in [4.78, 5) is 13.2. The van der Waals surface area contributed by atoms with E-state index in [1.165, 1.54) is 32.1 Å². The number of carbonyl (C=O) groups excluding carboxylic acids is 1. The monoisotopic (exact) mass is 181 g/mol. The molecule has 1 amide bonds. The van der Waals surface area contributed by atoms with E-state index in [0.29, 0.717) is 0 Å². The molecule has 1 aliphatic heterocycles. The first-order valence-corrected chi connectivity index (χ1v) is 5.53. The number of hydrogen-bond donors (Lipinski definition) is 0. The molecule has 1 heterocycles. The lowest BCUT2D eigenvalue weighted by atomic mass is 9.75. The molecule has 1 saturated carbocycles. The number of piperidine rings is 1. The molecule has 0 radical (unpaired) electrons. The van der Waals surface area contributed by atoms with Gasteiger partial charge in [0.1, 0.15) is 0 Å². The number of rotatable bonds is 0. The first-order chi connectivity index (χ1) is 6.27. The highest BCUT2D eigenvalue weighted by atomic mass is 16.2. The average Bonchev–Trinajstić information content (AvgIpc) is 2.17. The van der Waals surface area contributed by atoms with Crippen LogP contribution in [-0.4, -0.2) is 23.9 Å². The molecule has 0 spiro atoms. The molecule has 2 fully saturated rings. The fraction of sp³-hybridized carbons (Fsp3) is 0.909. The van der Waals surface area contributed by atoms with Crippen molar-refractivity contribution in [2.45, 2.75) is 39.0 Å². The van der Waals surface area contributed by atoms with Crippen LogP contribution in [0.3, 0.4) is 0 Å². The normalized spacial score (nSPS) is 34.1. The second-order valence-corrected chi connectivity index (χ2v) is 4.56. The van der Waals surface area contributed by atoms with Gasteiger partial charge >= 0.3 is 0 Å². The van der Waals surface area contributed by atoms with E-state index in [9.17, 15) is 4.79 Å². The van der Waals surface area contributed by atoms with Gasteiger partial charge in [-0.1, -0.05) is 19.3 Å². The van der Waals surface area contributed by atoms with Crippen LogP contribution < -0.4 is 0 Å². The Morgan fingerprint density at radius 2 is 1.85 bits per heavy atom. The molecular formula is C11H19NO. The standard InChI is InChI=1S/C11H19NO/c1-9(13)12-7-6-10-4-2-3-5-11(10)8-12/h10-11H,2-8H2,1H3. The lowest BCUT2D eigenvalue weighted by Gasteiger charge is -2.40. The van der Waals surface area contributed by atoms with Gasteiger partial charge in [0.15, 0.2) is 0 Å². The van der Waals surface area contributed by atoms with Gasteiger partial charge in [0.05, 0.1) is 0 Å². The molecular weight excluding hydrogens is 162 g/mol. The SMILES string of the molecule is CC(=O)N1CCC2CCCCC2C1. The van der Waals surface area contributed by atoms with Crippen LogP contribution >= 0.6 is 0 Å². The van der Waals surface area contributed by atoms with Gasteiger partial charge in [0.2, 0.25) is 5.91 Å². The van der Waals surface area contributed by atoms with E-state index in [0.717, 1.165) is 24.9 Å². The van der Waals surface area contributed by atoms with E-state index < -0.39 is 0 Å². The summed E-state index contributed by atoms with van der Waals surface area (Å²) in [7, 11) is 0. The zero-order valence-corrected chi connectivity index (χ0v) is 8.46. The Morgan fingerprint density at radius 1 is 1.15 bits per heavy atom. The highest BCUT2D eigenvalue weighted by molar-refractivity contribution is 5.73. The summed E-state index contributed by atoms with van der Waals surface area (Å²) in [5.74, 6) is 2.03. The van der Waals surface area contributed by atoms with Crippen molar-refractivity contribution in [1.29, 1.82) is 0 Å². The first-order valence-electron chi connectivity index (χ1n) is 5.53. The summed E-state index contributed by atoms with van der Waals surface area (Å²) >= 11 is 0. The van der Waals surface area contributed by atoms with E-state index >= 15 is 0 Å². The lowest BCUT2D eigenvalue weighted by molar-refractivity contribution is -0.131. The number of likely N-dealkylation sites (tertiary alicyclic amines) is 1. The van der Waals surface area contributed by atoms with E-state index in [1.807, 2.05) is 4.90 Å². The summed E-state index contributed by atoms with van der Waals surface area (Å²) in [6.45, 7) is 3.75. The third-order valence-electron chi connectivity index (χ3n) is 3.74. The highest BCUT2D eigenvalue weighted by Gasteiger charge is 2.31. The largest absolute Gasteiger partial charge is 0.343 e. The Balaban J connectivity index is 1.95. The van der Waals surface area contributed by atoms with Crippen molar-refractivity contribution in [3.63, 3.8) is 0 Å². The summed E-state index contributed by atoms with van der Waals surface area (Å²) in [6, 6.07) is 0. The molecule has 2 aliphatic rings. The number of carbonyl (C=O) groups is 1. The second-order valence-electron chi connectivity index (χ2n) is 4.56. The van der Waals surface area contributed by atoms with Crippen molar-refractivity contribution in [3.8, 4) is 0 Å². The van der Waals surface area contributed by atoms with Crippen molar-refractivity contribution in [3.05, 3.63) is 0 Å². The Kier molecular flexibility index (Phi) is 2.56. The fourth-order valence-electron chi connectivity index (χ4n) is 2.89. The third kappa shape index (κ3) is 1.87. The van der Waals surface area contributed by atoms with Crippen molar-refractivity contribution >= 4 is 5.91 Å².